The zero-order valence-corrected chi connectivity index (χ0v) is 11.9. The number of carboxylic acids is 1. The summed E-state index contributed by atoms with van der Waals surface area (Å²) in [6.45, 7) is 3.83. The highest BCUT2D eigenvalue weighted by atomic mass is 16.4. The van der Waals surface area contributed by atoms with Crippen LogP contribution in [0.2, 0.25) is 0 Å². The summed E-state index contributed by atoms with van der Waals surface area (Å²) in [6, 6.07) is 5.77. The van der Waals surface area contributed by atoms with E-state index in [2.05, 4.69) is 22.9 Å². The minimum absolute atomic E-state index is 0.808. The fraction of sp³-hybridized carbons (Fsp3) is 0.250. The second-order valence-electron chi connectivity index (χ2n) is 5.18. The third-order valence-corrected chi connectivity index (χ3v) is 3.56. The molecule has 0 spiro atoms. The molecule has 0 radical (unpaired) electrons. The number of fused-ring (bicyclic) bond motifs is 1. The van der Waals surface area contributed by atoms with E-state index in [9.17, 15) is 4.79 Å². The van der Waals surface area contributed by atoms with E-state index in [1.807, 2.05) is 28.8 Å². The predicted octanol–water partition coefficient (Wildman–Crippen LogP) is 2.59. The van der Waals surface area contributed by atoms with Crippen molar-refractivity contribution in [2.75, 3.05) is 18.0 Å². The molecule has 0 atom stereocenters. The molecule has 1 aliphatic rings. The fourth-order valence-corrected chi connectivity index (χ4v) is 2.63. The first kappa shape index (κ1) is 13.4. The molecule has 0 amide bonds. The minimum Gasteiger partial charge on any atom is -0.478 e. The lowest BCUT2D eigenvalue weighted by molar-refractivity contribution is -0.131. The number of anilines is 1. The van der Waals surface area contributed by atoms with Crippen molar-refractivity contribution in [3.63, 3.8) is 0 Å². The summed E-state index contributed by atoms with van der Waals surface area (Å²) in [4.78, 5) is 17.7. The standard InChI is InChI=1S/C16H17N3O2/c1-12-5-4-9-18(11-12)16-13(7-8-15(20)21)19-10-3-2-6-14(19)17-16/h2-3,5-8,10H,4,9,11H2,1H3,(H,20,21)/b8-7+. The molecule has 5 heteroatoms. The third kappa shape index (κ3) is 2.67. The first-order chi connectivity index (χ1) is 10.1. The van der Waals surface area contributed by atoms with Gasteiger partial charge in [0.2, 0.25) is 0 Å². The molecule has 0 saturated carbocycles. The average Bonchev–Trinajstić information content (AvgIpc) is 2.84. The van der Waals surface area contributed by atoms with Gasteiger partial charge >= 0.3 is 5.97 Å². The van der Waals surface area contributed by atoms with Gasteiger partial charge in [-0.25, -0.2) is 9.78 Å². The van der Waals surface area contributed by atoms with Crippen molar-refractivity contribution >= 4 is 23.5 Å². The molecule has 5 nitrogen and oxygen atoms in total. The molecule has 2 aromatic heterocycles. The van der Waals surface area contributed by atoms with Gasteiger partial charge in [-0.05, 0) is 31.6 Å². The van der Waals surface area contributed by atoms with Crippen LogP contribution >= 0.6 is 0 Å². The second-order valence-corrected chi connectivity index (χ2v) is 5.18. The second kappa shape index (κ2) is 5.44. The van der Waals surface area contributed by atoms with Gasteiger partial charge in [0.1, 0.15) is 5.65 Å². The maximum atomic E-state index is 10.8. The molecular weight excluding hydrogens is 266 g/mol. The number of hydrogen-bond acceptors (Lipinski definition) is 3. The maximum absolute atomic E-state index is 10.8. The number of aromatic nitrogens is 2. The smallest absolute Gasteiger partial charge is 0.328 e. The quantitative estimate of drug-likeness (QED) is 0.695. The van der Waals surface area contributed by atoms with Gasteiger partial charge < -0.3 is 10.0 Å². The van der Waals surface area contributed by atoms with Crippen molar-refractivity contribution < 1.29 is 9.90 Å². The minimum atomic E-state index is -0.957. The molecule has 0 fully saturated rings. The monoisotopic (exact) mass is 283 g/mol. The van der Waals surface area contributed by atoms with E-state index in [1.165, 1.54) is 5.57 Å². The SMILES string of the molecule is CC1=CCCN(c2nc3ccccn3c2/C=C/C(=O)O)C1. The van der Waals surface area contributed by atoms with Gasteiger partial charge in [0.05, 0.1) is 5.69 Å². The molecule has 1 aliphatic heterocycles. The summed E-state index contributed by atoms with van der Waals surface area (Å²) < 4.78 is 1.92. The lowest BCUT2D eigenvalue weighted by atomic mass is 10.1. The Morgan fingerprint density at radius 2 is 2.29 bits per heavy atom. The highest BCUT2D eigenvalue weighted by molar-refractivity contribution is 5.86. The Hall–Kier alpha value is -2.56. The van der Waals surface area contributed by atoms with Crippen LogP contribution in [0.4, 0.5) is 5.82 Å². The van der Waals surface area contributed by atoms with Gasteiger partial charge in [0.25, 0.3) is 0 Å². The van der Waals surface area contributed by atoms with E-state index in [4.69, 9.17) is 5.11 Å². The lowest BCUT2D eigenvalue weighted by Crippen LogP contribution is -2.30. The van der Waals surface area contributed by atoms with Gasteiger partial charge in [-0.3, -0.25) is 4.40 Å². The molecular formula is C16H17N3O2. The number of carbonyl (C=O) groups is 1. The highest BCUT2D eigenvalue weighted by Gasteiger charge is 2.18. The predicted molar refractivity (Wildman–Crippen MR) is 82.4 cm³/mol. The van der Waals surface area contributed by atoms with E-state index < -0.39 is 5.97 Å². The topological polar surface area (TPSA) is 57.8 Å². The van der Waals surface area contributed by atoms with Crippen LogP contribution in [0.15, 0.2) is 42.1 Å². The molecule has 0 bridgehead atoms. The molecule has 0 aliphatic carbocycles. The number of pyridine rings is 1. The van der Waals surface area contributed by atoms with Crippen LogP contribution < -0.4 is 4.90 Å². The van der Waals surface area contributed by atoms with Gasteiger partial charge in [0.15, 0.2) is 5.82 Å². The molecule has 21 heavy (non-hydrogen) atoms. The first-order valence-electron chi connectivity index (χ1n) is 6.94. The first-order valence-corrected chi connectivity index (χ1v) is 6.94. The van der Waals surface area contributed by atoms with Crippen LogP contribution in [0.5, 0.6) is 0 Å². The van der Waals surface area contributed by atoms with Crippen LogP contribution in [0.1, 0.15) is 19.0 Å². The summed E-state index contributed by atoms with van der Waals surface area (Å²) in [5, 5.41) is 8.89. The maximum Gasteiger partial charge on any atom is 0.328 e. The zero-order valence-electron chi connectivity index (χ0n) is 11.9. The average molecular weight is 283 g/mol. The van der Waals surface area contributed by atoms with E-state index in [0.717, 1.165) is 42.7 Å². The molecule has 3 heterocycles. The number of hydrogen-bond donors (Lipinski definition) is 1. The summed E-state index contributed by atoms with van der Waals surface area (Å²) in [7, 11) is 0. The summed E-state index contributed by atoms with van der Waals surface area (Å²) in [5.41, 5.74) is 2.94. The number of aliphatic carboxylic acids is 1. The molecule has 0 aromatic carbocycles. The van der Waals surface area contributed by atoms with Crippen LogP contribution in [-0.2, 0) is 4.79 Å². The Morgan fingerprint density at radius 3 is 3.05 bits per heavy atom. The Kier molecular flexibility index (Phi) is 3.48. The number of nitrogens with zero attached hydrogens (tertiary/aromatic N) is 3. The van der Waals surface area contributed by atoms with E-state index in [-0.39, 0.29) is 0 Å². The molecule has 108 valence electrons. The molecule has 0 unspecified atom stereocenters. The third-order valence-electron chi connectivity index (χ3n) is 3.56. The summed E-state index contributed by atoms with van der Waals surface area (Å²) >= 11 is 0. The van der Waals surface area contributed by atoms with E-state index in [0.29, 0.717) is 0 Å². The van der Waals surface area contributed by atoms with Crippen molar-refractivity contribution in [1.29, 1.82) is 0 Å². The Balaban J connectivity index is 2.10. The fourth-order valence-electron chi connectivity index (χ4n) is 2.63. The van der Waals surface area contributed by atoms with Crippen LogP contribution in [-0.4, -0.2) is 33.6 Å². The number of rotatable bonds is 3. The van der Waals surface area contributed by atoms with E-state index in [1.54, 1.807) is 6.08 Å². The van der Waals surface area contributed by atoms with Crippen molar-refractivity contribution in [2.45, 2.75) is 13.3 Å². The molecule has 0 saturated heterocycles. The lowest BCUT2D eigenvalue weighted by Gasteiger charge is -2.26. The number of carboxylic acid groups (broad SMARTS) is 1. The van der Waals surface area contributed by atoms with Gasteiger partial charge in [-0.1, -0.05) is 17.7 Å². The normalized spacial score (nSPS) is 15.7. The van der Waals surface area contributed by atoms with Gasteiger partial charge in [-0.15, -0.1) is 0 Å². The van der Waals surface area contributed by atoms with Gasteiger partial charge in [0, 0.05) is 25.4 Å². The van der Waals surface area contributed by atoms with Crippen molar-refractivity contribution in [3.8, 4) is 0 Å². The zero-order chi connectivity index (χ0) is 14.8. The van der Waals surface area contributed by atoms with Crippen molar-refractivity contribution in [3.05, 3.63) is 47.8 Å². The van der Waals surface area contributed by atoms with E-state index >= 15 is 0 Å². The largest absolute Gasteiger partial charge is 0.478 e. The van der Waals surface area contributed by atoms with Crippen LogP contribution in [0, 0.1) is 0 Å². The Labute approximate surface area is 122 Å². The molecule has 2 aromatic rings. The Morgan fingerprint density at radius 1 is 1.43 bits per heavy atom. The molecule has 3 rings (SSSR count). The summed E-state index contributed by atoms with van der Waals surface area (Å²) in [6.07, 6.45) is 7.90. The highest BCUT2D eigenvalue weighted by Crippen LogP contribution is 2.25. The Bertz CT molecular complexity index is 743. The van der Waals surface area contributed by atoms with Crippen LogP contribution in [0.25, 0.3) is 11.7 Å². The summed E-state index contributed by atoms with van der Waals surface area (Å²) in [5.74, 6) is -0.118. The number of imidazole rings is 1. The van der Waals surface area contributed by atoms with Gasteiger partial charge in [-0.2, -0.15) is 0 Å². The van der Waals surface area contributed by atoms with Crippen molar-refractivity contribution in [2.24, 2.45) is 0 Å². The van der Waals surface area contributed by atoms with Crippen molar-refractivity contribution in [1.82, 2.24) is 9.38 Å². The van der Waals surface area contributed by atoms with Crippen LogP contribution in [0.3, 0.4) is 0 Å². The molecule has 1 N–H and O–H groups in total.